The van der Waals surface area contributed by atoms with E-state index in [1.54, 1.807) is 0 Å². The lowest BCUT2D eigenvalue weighted by molar-refractivity contribution is 0.426. The van der Waals surface area contributed by atoms with E-state index >= 15 is 0 Å². The van der Waals surface area contributed by atoms with Crippen molar-refractivity contribution >= 4 is 16.6 Å². The Morgan fingerprint density at radius 2 is 2.00 bits per heavy atom. The maximum atomic E-state index is 5.89. The molecule has 3 rings (SSSR count). The first kappa shape index (κ1) is 10.6. The van der Waals surface area contributed by atoms with E-state index in [2.05, 4.69) is 22.9 Å². The van der Waals surface area contributed by atoms with Crippen molar-refractivity contribution in [1.82, 2.24) is 9.78 Å². The molecule has 3 heteroatoms. The molecule has 17 heavy (non-hydrogen) atoms. The number of fused-ring (bicyclic) bond motifs is 1. The minimum atomic E-state index is 0.667. The summed E-state index contributed by atoms with van der Waals surface area (Å²) in [5, 5.41) is 5.84. The lowest BCUT2D eigenvalue weighted by Gasteiger charge is -2.22. The zero-order valence-corrected chi connectivity index (χ0v) is 10.3. The molecule has 0 bridgehead atoms. The molecule has 3 nitrogen and oxygen atoms in total. The van der Waals surface area contributed by atoms with Gasteiger partial charge in [0, 0.05) is 29.7 Å². The lowest BCUT2D eigenvalue weighted by Crippen LogP contribution is -2.09. The standard InChI is InChI=1S/C14H19N3/c1-17-14(10-5-3-2-4-6-10)12-9-11(15)7-8-13(12)16-17/h7-10H,2-6,15H2,1H3. The smallest absolute Gasteiger partial charge is 0.0927 e. The van der Waals surface area contributed by atoms with Crippen LogP contribution in [0.3, 0.4) is 0 Å². The molecule has 1 saturated carbocycles. The SMILES string of the molecule is Cn1nc2ccc(N)cc2c1C1CCCCC1. The second kappa shape index (κ2) is 4.06. The van der Waals surface area contributed by atoms with Crippen LogP contribution in [-0.2, 0) is 7.05 Å². The van der Waals surface area contributed by atoms with Crippen molar-refractivity contribution in [1.29, 1.82) is 0 Å². The normalized spacial score (nSPS) is 17.7. The minimum absolute atomic E-state index is 0.667. The van der Waals surface area contributed by atoms with E-state index in [-0.39, 0.29) is 0 Å². The summed E-state index contributed by atoms with van der Waals surface area (Å²) in [5.41, 5.74) is 9.18. The van der Waals surface area contributed by atoms with Crippen LogP contribution in [0, 0.1) is 0 Å². The van der Waals surface area contributed by atoms with Crippen LogP contribution in [0.4, 0.5) is 5.69 Å². The van der Waals surface area contributed by atoms with Gasteiger partial charge in [0.25, 0.3) is 0 Å². The number of benzene rings is 1. The maximum absolute atomic E-state index is 5.89. The topological polar surface area (TPSA) is 43.8 Å². The second-order valence-corrected chi connectivity index (χ2v) is 5.12. The summed E-state index contributed by atoms with van der Waals surface area (Å²) in [6.07, 6.45) is 6.67. The molecule has 1 heterocycles. The zero-order valence-electron chi connectivity index (χ0n) is 10.3. The van der Waals surface area contributed by atoms with Crippen LogP contribution >= 0.6 is 0 Å². The van der Waals surface area contributed by atoms with Crippen molar-refractivity contribution in [3.63, 3.8) is 0 Å². The van der Waals surface area contributed by atoms with E-state index in [1.807, 2.05) is 12.1 Å². The van der Waals surface area contributed by atoms with Crippen LogP contribution in [0.5, 0.6) is 0 Å². The van der Waals surface area contributed by atoms with Gasteiger partial charge in [0.2, 0.25) is 0 Å². The average molecular weight is 229 g/mol. The van der Waals surface area contributed by atoms with Crippen molar-refractivity contribution < 1.29 is 0 Å². The number of nitrogens with two attached hydrogens (primary N) is 1. The Labute approximate surface area is 102 Å². The summed E-state index contributed by atoms with van der Waals surface area (Å²) >= 11 is 0. The van der Waals surface area contributed by atoms with Gasteiger partial charge in [0.15, 0.2) is 0 Å². The fourth-order valence-electron chi connectivity index (χ4n) is 3.10. The average Bonchev–Trinajstić information content (AvgIpc) is 2.65. The number of aryl methyl sites for hydroxylation is 1. The molecule has 0 radical (unpaired) electrons. The predicted molar refractivity (Wildman–Crippen MR) is 71.0 cm³/mol. The largest absolute Gasteiger partial charge is 0.399 e. The molecule has 2 aromatic rings. The van der Waals surface area contributed by atoms with Crippen LogP contribution in [0.2, 0.25) is 0 Å². The Hall–Kier alpha value is -1.51. The Morgan fingerprint density at radius 3 is 2.76 bits per heavy atom. The molecule has 0 spiro atoms. The van der Waals surface area contributed by atoms with Gasteiger partial charge in [-0.05, 0) is 31.0 Å². The van der Waals surface area contributed by atoms with Gasteiger partial charge in [-0.1, -0.05) is 19.3 Å². The van der Waals surface area contributed by atoms with E-state index in [4.69, 9.17) is 5.73 Å². The zero-order chi connectivity index (χ0) is 11.8. The van der Waals surface area contributed by atoms with E-state index in [1.165, 1.54) is 43.2 Å². The van der Waals surface area contributed by atoms with Crippen molar-refractivity contribution in [2.24, 2.45) is 7.05 Å². The monoisotopic (exact) mass is 229 g/mol. The first-order valence-corrected chi connectivity index (χ1v) is 6.48. The molecule has 0 saturated heterocycles. The third kappa shape index (κ3) is 1.79. The number of anilines is 1. The lowest BCUT2D eigenvalue weighted by atomic mass is 9.85. The van der Waals surface area contributed by atoms with Crippen LogP contribution in [-0.4, -0.2) is 9.78 Å². The number of aromatic nitrogens is 2. The minimum Gasteiger partial charge on any atom is -0.399 e. The molecule has 1 aromatic carbocycles. The Morgan fingerprint density at radius 1 is 1.24 bits per heavy atom. The molecule has 0 atom stereocenters. The van der Waals surface area contributed by atoms with E-state index in [9.17, 15) is 0 Å². The Bertz CT molecular complexity index is 536. The summed E-state index contributed by atoms with van der Waals surface area (Å²) in [4.78, 5) is 0. The maximum Gasteiger partial charge on any atom is 0.0927 e. The highest BCUT2D eigenvalue weighted by Gasteiger charge is 2.21. The van der Waals surface area contributed by atoms with Gasteiger partial charge in [-0.25, -0.2) is 0 Å². The summed E-state index contributed by atoms with van der Waals surface area (Å²) in [5.74, 6) is 0.667. The molecular weight excluding hydrogens is 210 g/mol. The highest BCUT2D eigenvalue weighted by molar-refractivity contribution is 5.85. The molecule has 1 aliphatic carbocycles. The van der Waals surface area contributed by atoms with Gasteiger partial charge in [0.05, 0.1) is 5.52 Å². The third-order valence-electron chi connectivity index (χ3n) is 3.89. The van der Waals surface area contributed by atoms with E-state index in [0.29, 0.717) is 5.92 Å². The van der Waals surface area contributed by atoms with Crippen molar-refractivity contribution in [2.45, 2.75) is 38.0 Å². The van der Waals surface area contributed by atoms with Crippen LogP contribution < -0.4 is 5.73 Å². The summed E-state index contributed by atoms with van der Waals surface area (Å²) in [6, 6.07) is 6.03. The first-order valence-electron chi connectivity index (χ1n) is 6.48. The van der Waals surface area contributed by atoms with Gasteiger partial charge in [-0.2, -0.15) is 5.10 Å². The molecule has 0 amide bonds. The Balaban J connectivity index is 2.13. The fraction of sp³-hybridized carbons (Fsp3) is 0.500. The van der Waals surface area contributed by atoms with Crippen LogP contribution in [0.25, 0.3) is 10.9 Å². The van der Waals surface area contributed by atoms with Crippen molar-refractivity contribution in [3.8, 4) is 0 Å². The van der Waals surface area contributed by atoms with Gasteiger partial charge < -0.3 is 5.73 Å². The fourth-order valence-corrected chi connectivity index (χ4v) is 3.10. The van der Waals surface area contributed by atoms with Gasteiger partial charge in [0.1, 0.15) is 0 Å². The number of nitrogens with zero attached hydrogens (tertiary/aromatic N) is 2. The molecule has 0 aliphatic heterocycles. The predicted octanol–water partition coefficient (Wildman–Crippen LogP) is 3.20. The summed E-state index contributed by atoms with van der Waals surface area (Å²) < 4.78 is 2.06. The van der Waals surface area contributed by atoms with Gasteiger partial charge in [-0.15, -0.1) is 0 Å². The number of hydrogen-bond donors (Lipinski definition) is 1. The van der Waals surface area contributed by atoms with E-state index in [0.717, 1.165) is 11.2 Å². The quantitative estimate of drug-likeness (QED) is 0.763. The van der Waals surface area contributed by atoms with Crippen molar-refractivity contribution in [3.05, 3.63) is 23.9 Å². The molecule has 90 valence electrons. The highest BCUT2D eigenvalue weighted by atomic mass is 15.3. The van der Waals surface area contributed by atoms with Crippen molar-refractivity contribution in [2.75, 3.05) is 5.73 Å². The third-order valence-corrected chi connectivity index (χ3v) is 3.89. The molecule has 1 fully saturated rings. The molecule has 1 aromatic heterocycles. The second-order valence-electron chi connectivity index (χ2n) is 5.12. The first-order chi connectivity index (χ1) is 8.25. The van der Waals surface area contributed by atoms with Gasteiger partial charge in [-0.3, -0.25) is 4.68 Å². The van der Waals surface area contributed by atoms with Crippen LogP contribution in [0.15, 0.2) is 18.2 Å². The van der Waals surface area contributed by atoms with Gasteiger partial charge >= 0.3 is 0 Å². The number of rotatable bonds is 1. The van der Waals surface area contributed by atoms with E-state index < -0.39 is 0 Å². The van der Waals surface area contributed by atoms with Crippen LogP contribution in [0.1, 0.15) is 43.7 Å². The summed E-state index contributed by atoms with van der Waals surface area (Å²) in [6.45, 7) is 0. The number of nitrogen functional groups attached to an aromatic ring is 1. The summed E-state index contributed by atoms with van der Waals surface area (Å²) in [7, 11) is 2.06. The molecule has 2 N–H and O–H groups in total. The highest BCUT2D eigenvalue weighted by Crippen LogP contribution is 2.36. The molecular formula is C14H19N3. The molecule has 0 unspecified atom stereocenters. The molecule has 1 aliphatic rings. The number of hydrogen-bond acceptors (Lipinski definition) is 2. The Kier molecular flexibility index (Phi) is 2.54.